The van der Waals surface area contributed by atoms with Crippen LogP contribution in [0.2, 0.25) is 0 Å². The highest BCUT2D eigenvalue weighted by Crippen LogP contribution is 2.22. The Bertz CT molecular complexity index is 973. The van der Waals surface area contributed by atoms with Gasteiger partial charge in [-0.15, -0.1) is 4.83 Å². The Morgan fingerprint density at radius 1 is 1.07 bits per heavy atom. The predicted molar refractivity (Wildman–Crippen MR) is 96.2 cm³/mol. The smallest absolute Gasteiger partial charge is 0.289 e. The van der Waals surface area contributed by atoms with Crippen molar-refractivity contribution >= 4 is 33.2 Å². The van der Waals surface area contributed by atoms with Gasteiger partial charge in [-0.05, 0) is 30.3 Å². The van der Waals surface area contributed by atoms with Crippen LogP contribution in [0.5, 0.6) is 0 Å². The highest BCUT2D eigenvalue weighted by molar-refractivity contribution is 7.89. The van der Waals surface area contributed by atoms with Crippen molar-refractivity contribution in [1.82, 2.24) is 10.3 Å². The van der Waals surface area contributed by atoms with Crippen LogP contribution in [-0.4, -0.2) is 25.2 Å². The minimum atomic E-state index is -4.35. The second-order valence-corrected chi connectivity index (χ2v) is 6.91. The second kappa shape index (κ2) is 8.38. The van der Waals surface area contributed by atoms with Gasteiger partial charge in [0.15, 0.2) is 4.90 Å². The van der Waals surface area contributed by atoms with Crippen molar-refractivity contribution in [2.24, 2.45) is 0 Å². The molecule has 2 aromatic carbocycles. The third-order valence-corrected chi connectivity index (χ3v) is 4.70. The Labute approximate surface area is 154 Å². The molecule has 0 bridgehead atoms. The molecule has 3 N–H and O–H groups in total. The number of sulfonamides is 1. The number of nitrogens with one attached hydrogen (secondary N) is 3. The minimum Gasteiger partial charge on any atom is -0.326 e. The zero-order valence-electron chi connectivity index (χ0n) is 14.1. The number of carbonyl (C=O) groups is 2. The fourth-order valence-corrected chi connectivity index (χ4v) is 3.04. The molecule has 142 valence electrons. The van der Waals surface area contributed by atoms with Crippen LogP contribution in [0.25, 0.3) is 0 Å². The molecule has 0 fully saturated rings. The fourth-order valence-electron chi connectivity index (χ4n) is 2.03. The summed E-state index contributed by atoms with van der Waals surface area (Å²) in [4.78, 5) is 34.7. The first-order valence-electron chi connectivity index (χ1n) is 7.70. The fraction of sp³-hybridized carbons (Fsp3) is 0.125. The molecule has 10 nitrogen and oxygen atoms in total. The lowest BCUT2D eigenvalue weighted by atomic mass is 10.2. The predicted octanol–water partition coefficient (Wildman–Crippen LogP) is 1.57. The standard InChI is InChI=1S/C16H16N4O6S/c1-2-15(21)17-12-9-7-11(8-10-12)16(22)18-19-27(25,26)14-6-4-3-5-13(14)20(23)24/h3-10,19H,2H2,1H3,(H,17,21)(H,18,22). The van der Waals surface area contributed by atoms with Crippen molar-refractivity contribution in [3.05, 3.63) is 64.2 Å². The Kier molecular flexibility index (Phi) is 6.21. The Hall–Kier alpha value is -3.31. The van der Waals surface area contributed by atoms with E-state index in [1.165, 1.54) is 36.4 Å². The van der Waals surface area contributed by atoms with Gasteiger partial charge in [0.25, 0.3) is 21.6 Å². The van der Waals surface area contributed by atoms with Crippen LogP contribution < -0.4 is 15.6 Å². The monoisotopic (exact) mass is 392 g/mol. The van der Waals surface area contributed by atoms with E-state index in [1.54, 1.807) is 6.92 Å². The van der Waals surface area contributed by atoms with Crippen LogP contribution in [0.3, 0.4) is 0 Å². The topological polar surface area (TPSA) is 148 Å². The highest BCUT2D eigenvalue weighted by atomic mass is 32.2. The van der Waals surface area contributed by atoms with Gasteiger partial charge in [-0.1, -0.05) is 19.1 Å². The highest BCUT2D eigenvalue weighted by Gasteiger charge is 2.25. The number of nitro groups is 1. The molecule has 27 heavy (non-hydrogen) atoms. The van der Waals surface area contributed by atoms with E-state index < -0.39 is 31.4 Å². The second-order valence-electron chi connectivity index (χ2n) is 5.26. The molecule has 0 saturated heterocycles. The van der Waals surface area contributed by atoms with Crippen LogP contribution in [0.15, 0.2) is 53.4 Å². The number of benzene rings is 2. The summed E-state index contributed by atoms with van der Waals surface area (Å²) in [6.07, 6.45) is 0.301. The number of carbonyl (C=O) groups excluding carboxylic acids is 2. The third-order valence-electron chi connectivity index (χ3n) is 3.40. The van der Waals surface area contributed by atoms with Crippen molar-refractivity contribution in [2.45, 2.75) is 18.2 Å². The Morgan fingerprint density at radius 2 is 1.70 bits per heavy atom. The van der Waals surface area contributed by atoms with Gasteiger partial charge in [0, 0.05) is 23.7 Å². The van der Waals surface area contributed by atoms with Gasteiger partial charge in [-0.25, -0.2) is 8.42 Å². The number of hydrazine groups is 1. The maximum absolute atomic E-state index is 12.2. The molecule has 0 heterocycles. The van der Waals surface area contributed by atoms with Crippen molar-refractivity contribution in [1.29, 1.82) is 0 Å². The van der Waals surface area contributed by atoms with Crippen molar-refractivity contribution in [2.75, 3.05) is 5.32 Å². The van der Waals surface area contributed by atoms with Gasteiger partial charge in [-0.2, -0.15) is 0 Å². The first-order valence-corrected chi connectivity index (χ1v) is 9.18. The Morgan fingerprint density at radius 3 is 2.30 bits per heavy atom. The van der Waals surface area contributed by atoms with Crippen LogP contribution in [0.4, 0.5) is 11.4 Å². The number of hydrogen-bond acceptors (Lipinski definition) is 6. The number of rotatable bonds is 7. The summed E-state index contributed by atoms with van der Waals surface area (Å²) < 4.78 is 24.4. The van der Waals surface area contributed by atoms with Crippen LogP contribution in [0.1, 0.15) is 23.7 Å². The summed E-state index contributed by atoms with van der Waals surface area (Å²) >= 11 is 0. The molecule has 2 aromatic rings. The zero-order chi connectivity index (χ0) is 20.0. The lowest BCUT2D eigenvalue weighted by Crippen LogP contribution is -2.41. The van der Waals surface area contributed by atoms with E-state index in [4.69, 9.17) is 0 Å². The van der Waals surface area contributed by atoms with E-state index in [0.29, 0.717) is 12.1 Å². The summed E-state index contributed by atoms with van der Waals surface area (Å²) in [7, 11) is -4.35. The van der Waals surface area contributed by atoms with E-state index >= 15 is 0 Å². The Balaban J connectivity index is 2.09. The van der Waals surface area contributed by atoms with E-state index in [0.717, 1.165) is 12.1 Å². The average molecular weight is 392 g/mol. The maximum Gasteiger partial charge on any atom is 0.289 e. The number of hydrogen-bond donors (Lipinski definition) is 3. The van der Waals surface area contributed by atoms with Gasteiger partial charge in [-0.3, -0.25) is 25.1 Å². The number of nitrogens with zero attached hydrogens (tertiary/aromatic N) is 1. The van der Waals surface area contributed by atoms with E-state index in [2.05, 4.69) is 5.32 Å². The normalized spacial score (nSPS) is 10.9. The maximum atomic E-state index is 12.2. The molecule has 0 spiro atoms. The molecule has 0 saturated carbocycles. The minimum absolute atomic E-state index is 0.120. The number of nitro benzene ring substituents is 1. The molecule has 0 unspecified atom stereocenters. The lowest BCUT2D eigenvalue weighted by Gasteiger charge is -2.09. The summed E-state index contributed by atoms with van der Waals surface area (Å²) in [5.41, 5.74) is 1.98. The quantitative estimate of drug-likeness (QED) is 0.481. The molecule has 2 amide bonds. The van der Waals surface area contributed by atoms with E-state index in [-0.39, 0.29) is 11.5 Å². The molecule has 11 heteroatoms. The van der Waals surface area contributed by atoms with Crippen molar-refractivity contribution in [3.63, 3.8) is 0 Å². The first-order chi connectivity index (χ1) is 12.7. The SMILES string of the molecule is CCC(=O)Nc1ccc(C(=O)NNS(=O)(=O)c2ccccc2[N+](=O)[O-])cc1. The van der Waals surface area contributed by atoms with E-state index in [1.807, 2.05) is 10.3 Å². The summed E-state index contributed by atoms with van der Waals surface area (Å²) in [5, 5.41) is 13.6. The van der Waals surface area contributed by atoms with Gasteiger partial charge < -0.3 is 5.32 Å². The molecule has 0 aliphatic heterocycles. The molecular weight excluding hydrogens is 376 g/mol. The first kappa shape index (κ1) is 20.0. The summed E-state index contributed by atoms with van der Waals surface area (Å²) in [5.74, 6) is -0.963. The zero-order valence-corrected chi connectivity index (χ0v) is 14.9. The van der Waals surface area contributed by atoms with Gasteiger partial charge in [0.1, 0.15) is 0 Å². The van der Waals surface area contributed by atoms with Gasteiger partial charge >= 0.3 is 0 Å². The average Bonchev–Trinajstić information content (AvgIpc) is 2.66. The molecule has 0 radical (unpaired) electrons. The van der Waals surface area contributed by atoms with E-state index in [9.17, 15) is 28.1 Å². The third kappa shape index (κ3) is 5.09. The molecular formula is C16H16N4O6S. The number of anilines is 1. The number of para-hydroxylation sites is 1. The van der Waals surface area contributed by atoms with Crippen molar-refractivity contribution in [3.8, 4) is 0 Å². The van der Waals surface area contributed by atoms with Crippen LogP contribution in [-0.2, 0) is 14.8 Å². The van der Waals surface area contributed by atoms with Crippen LogP contribution in [0, 0.1) is 10.1 Å². The lowest BCUT2D eigenvalue weighted by molar-refractivity contribution is -0.387. The molecule has 0 aliphatic rings. The summed E-state index contributed by atoms with van der Waals surface area (Å²) in [6.45, 7) is 1.69. The molecule has 0 aromatic heterocycles. The molecule has 0 atom stereocenters. The molecule has 2 rings (SSSR count). The van der Waals surface area contributed by atoms with Crippen LogP contribution >= 0.6 is 0 Å². The largest absolute Gasteiger partial charge is 0.326 e. The summed E-state index contributed by atoms with van der Waals surface area (Å²) in [6, 6.07) is 10.5. The molecule has 0 aliphatic carbocycles. The van der Waals surface area contributed by atoms with Gasteiger partial charge in [0.2, 0.25) is 5.91 Å². The van der Waals surface area contributed by atoms with Gasteiger partial charge in [0.05, 0.1) is 4.92 Å². The van der Waals surface area contributed by atoms with Crippen molar-refractivity contribution < 1.29 is 22.9 Å². The number of amides is 2.